The van der Waals surface area contributed by atoms with Crippen LogP contribution in [0.5, 0.6) is 0 Å². The molecule has 22 heavy (non-hydrogen) atoms. The standard InChI is InChI=1S/C18H19NO2Se/c1-18-8-4-6-11(13(18)10-18)12-5-2-3-7-14(12)22-15-9-16(20)19-17(15)21/h2-3,5,7,9,11,13H,4,6,8,10H2,1H3,(H,19,20,21). The van der Waals surface area contributed by atoms with Gasteiger partial charge in [0.2, 0.25) is 0 Å². The number of hydrogen-bond acceptors (Lipinski definition) is 2. The van der Waals surface area contributed by atoms with E-state index < -0.39 is 0 Å². The summed E-state index contributed by atoms with van der Waals surface area (Å²) in [6, 6.07) is 8.53. The van der Waals surface area contributed by atoms with E-state index in [4.69, 9.17) is 0 Å². The van der Waals surface area contributed by atoms with E-state index in [1.807, 2.05) is 6.07 Å². The van der Waals surface area contributed by atoms with E-state index in [-0.39, 0.29) is 26.8 Å². The van der Waals surface area contributed by atoms with Gasteiger partial charge in [-0.3, -0.25) is 0 Å². The first-order valence-corrected chi connectivity index (χ1v) is 9.62. The second-order valence-corrected chi connectivity index (χ2v) is 9.20. The average Bonchev–Trinajstić information content (AvgIpc) is 3.09. The fraction of sp³-hybridized carbons (Fsp3) is 0.444. The first kappa shape index (κ1) is 14.2. The number of imide groups is 1. The second-order valence-electron chi connectivity index (χ2n) is 6.93. The number of carbonyl (C=O) groups is 2. The molecule has 3 aliphatic rings. The molecule has 0 spiro atoms. The first-order chi connectivity index (χ1) is 10.6. The third-order valence-corrected chi connectivity index (χ3v) is 7.77. The summed E-state index contributed by atoms with van der Waals surface area (Å²) in [5.74, 6) is 0.968. The molecule has 2 amide bonds. The third-order valence-electron chi connectivity index (χ3n) is 5.43. The van der Waals surface area contributed by atoms with Gasteiger partial charge in [0.25, 0.3) is 0 Å². The normalized spacial score (nSPS) is 33.2. The summed E-state index contributed by atoms with van der Waals surface area (Å²) in [4.78, 5) is 23.2. The van der Waals surface area contributed by atoms with E-state index in [1.54, 1.807) is 0 Å². The zero-order valence-corrected chi connectivity index (χ0v) is 14.3. The van der Waals surface area contributed by atoms with E-state index in [9.17, 15) is 9.59 Å². The summed E-state index contributed by atoms with van der Waals surface area (Å²) >= 11 is -0.0877. The first-order valence-electron chi connectivity index (χ1n) is 7.91. The molecule has 0 bridgehead atoms. The molecule has 3 atom stereocenters. The average molecular weight is 360 g/mol. The van der Waals surface area contributed by atoms with Crippen molar-refractivity contribution in [1.29, 1.82) is 0 Å². The molecule has 4 heteroatoms. The Morgan fingerprint density at radius 2 is 2.09 bits per heavy atom. The van der Waals surface area contributed by atoms with Crippen molar-refractivity contribution in [2.75, 3.05) is 0 Å². The van der Waals surface area contributed by atoms with Gasteiger partial charge in [0.05, 0.1) is 0 Å². The van der Waals surface area contributed by atoms with Crippen molar-refractivity contribution in [1.82, 2.24) is 5.32 Å². The Kier molecular flexibility index (Phi) is 3.28. The van der Waals surface area contributed by atoms with Gasteiger partial charge in [0.15, 0.2) is 0 Å². The van der Waals surface area contributed by atoms with Crippen molar-refractivity contribution >= 4 is 31.2 Å². The molecule has 1 aromatic carbocycles. The fourth-order valence-electron chi connectivity index (χ4n) is 4.13. The van der Waals surface area contributed by atoms with E-state index in [0.717, 1.165) is 5.92 Å². The molecule has 2 fully saturated rings. The van der Waals surface area contributed by atoms with Crippen LogP contribution in [0.4, 0.5) is 0 Å². The van der Waals surface area contributed by atoms with E-state index in [1.165, 1.54) is 41.8 Å². The number of hydrogen-bond donors (Lipinski definition) is 1. The van der Waals surface area contributed by atoms with Crippen LogP contribution in [-0.2, 0) is 9.59 Å². The summed E-state index contributed by atoms with van der Waals surface area (Å²) in [5, 5.41) is 2.35. The number of nitrogens with one attached hydrogen (secondary N) is 1. The summed E-state index contributed by atoms with van der Waals surface area (Å²) in [5.41, 5.74) is 1.98. The molecule has 0 aromatic heterocycles. The van der Waals surface area contributed by atoms with Gasteiger partial charge in [-0.1, -0.05) is 0 Å². The van der Waals surface area contributed by atoms with Crippen molar-refractivity contribution in [2.45, 2.75) is 38.5 Å². The maximum absolute atomic E-state index is 11.8. The molecule has 0 saturated heterocycles. The van der Waals surface area contributed by atoms with Gasteiger partial charge in [-0.15, -0.1) is 0 Å². The molecule has 4 rings (SSSR count). The van der Waals surface area contributed by atoms with E-state index in [2.05, 4.69) is 30.4 Å². The monoisotopic (exact) mass is 361 g/mol. The van der Waals surface area contributed by atoms with Crippen molar-refractivity contribution in [3.63, 3.8) is 0 Å². The molecule has 1 heterocycles. The van der Waals surface area contributed by atoms with Gasteiger partial charge < -0.3 is 0 Å². The van der Waals surface area contributed by atoms with Gasteiger partial charge in [0, 0.05) is 0 Å². The zero-order valence-electron chi connectivity index (χ0n) is 12.6. The van der Waals surface area contributed by atoms with Crippen LogP contribution in [0.2, 0.25) is 0 Å². The Morgan fingerprint density at radius 1 is 1.27 bits per heavy atom. The molecule has 1 N–H and O–H groups in total. The summed E-state index contributed by atoms with van der Waals surface area (Å²) in [6.45, 7) is 2.42. The minimum absolute atomic E-state index is 0.0877. The Labute approximate surface area is 136 Å². The van der Waals surface area contributed by atoms with Crippen LogP contribution in [-0.4, -0.2) is 26.8 Å². The van der Waals surface area contributed by atoms with E-state index in [0.29, 0.717) is 15.8 Å². The maximum atomic E-state index is 11.8. The van der Waals surface area contributed by atoms with Gasteiger partial charge >= 0.3 is 136 Å². The Bertz CT molecular complexity index is 696. The molecule has 0 radical (unpaired) electrons. The van der Waals surface area contributed by atoms with Gasteiger partial charge in [-0.25, -0.2) is 0 Å². The number of fused-ring (bicyclic) bond motifs is 1. The van der Waals surface area contributed by atoms with Crippen LogP contribution in [0, 0.1) is 11.3 Å². The van der Waals surface area contributed by atoms with Crippen LogP contribution < -0.4 is 9.78 Å². The molecule has 2 aliphatic carbocycles. The number of carbonyl (C=O) groups excluding carboxylic acids is 2. The fourth-order valence-corrected chi connectivity index (χ4v) is 6.29. The summed E-state index contributed by atoms with van der Waals surface area (Å²) in [7, 11) is 0. The molecule has 2 saturated carbocycles. The molecular formula is C18H19NO2Se. The summed E-state index contributed by atoms with van der Waals surface area (Å²) in [6.07, 6.45) is 6.75. The molecule has 114 valence electrons. The zero-order chi connectivity index (χ0) is 15.3. The predicted octanol–water partition coefficient (Wildman–Crippen LogP) is 1.85. The molecular weight excluding hydrogens is 341 g/mol. The van der Waals surface area contributed by atoms with Crippen LogP contribution in [0.15, 0.2) is 34.8 Å². The molecule has 3 unspecified atom stereocenters. The van der Waals surface area contributed by atoms with Crippen molar-refractivity contribution < 1.29 is 9.59 Å². The second kappa shape index (κ2) is 5.07. The summed E-state index contributed by atoms with van der Waals surface area (Å²) < 4.78 is 1.92. The van der Waals surface area contributed by atoms with Crippen LogP contribution in [0.1, 0.15) is 44.1 Å². The number of benzene rings is 1. The quantitative estimate of drug-likeness (QED) is 0.661. The Balaban J connectivity index is 1.63. The van der Waals surface area contributed by atoms with Crippen LogP contribution >= 0.6 is 0 Å². The number of rotatable bonds is 3. The molecule has 3 nitrogen and oxygen atoms in total. The van der Waals surface area contributed by atoms with Crippen LogP contribution in [0.3, 0.4) is 0 Å². The van der Waals surface area contributed by atoms with Gasteiger partial charge in [0.1, 0.15) is 0 Å². The van der Waals surface area contributed by atoms with Crippen molar-refractivity contribution in [3.8, 4) is 0 Å². The predicted molar refractivity (Wildman–Crippen MR) is 85.9 cm³/mol. The van der Waals surface area contributed by atoms with Gasteiger partial charge in [-0.05, 0) is 0 Å². The SMILES string of the molecule is CC12CCCC(c3ccccc3[Se]C3=CC(=O)NC3=O)C1C2. The van der Waals surface area contributed by atoms with E-state index >= 15 is 0 Å². The van der Waals surface area contributed by atoms with Gasteiger partial charge in [-0.2, -0.15) is 0 Å². The minimum atomic E-state index is -0.271. The van der Waals surface area contributed by atoms with Crippen molar-refractivity contribution in [2.24, 2.45) is 11.3 Å². The third kappa shape index (κ3) is 2.35. The molecule has 1 aliphatic heterocycles. The Morgan fingerprint density at radius 3 is 2.86 bits per heavy atom. The van der Waals surface area contributed by atoms with Crippen molar-refractivity contribution in [3.05, 3.63) is 40.4 Å². The molecule has 1 aromatic rings. The Hall–Kier alpha value is -1.38. The number of amides is 2. The topological polar surface area (TPSA) is 46.2 Å². The van der Waals surface area contributed by atoms with Crippen LogP contribution in [0.25, 0.3) is 0 Å².